The molecule has 3 aromatic rings. The normalized spacial score (nSPS) is 24.2. The SMILES string of the molecule is CC1CN(c2ccncc2NC(=O)c2ccc3occ(C4CC4)c3n2)CC(N)C1O. The molecule has 1 aliphatic heterocycles. The number of aliphatic hydroxyl groups is 1. The van der Waals surface area contributed by atoms with Crippen molar-refractivity contribution in [2.45, 2.75) is 37.8 Å². The number of amides is 1. The molecule has 3 atom stereocenters. The third-order valence-electron chi connectivity index (χ3n) is 6.04. The zero-order chi connectivity index (χ0) is 20.8. The number of hydrogen-bond donors (Lipinski definition) is 3. The van der Waals surface area contributed by atoms with E-state index in [9.17, 15) is 9.90 Å². The molecule has 0 bridgehead atoms. The molecule has 0 spiro atoms. The van der Waals surface area contributed by atoms with Crippen LogP contribution in [0.25, 0.3) is 11.1 Å². The summed E-state index contributed by atoms with van der Waals surface area (Å²) in [6.45, 7) is 3.12. The summed E-state index contributed by atoms with van der Waals surface area (Å²) in [7, 11) is 0. The molecule has 1 aliphatic carbocycles. The second-order valence-electron chi connectivity index (χ2n) is 8.39. The van der Waals surface area contributed by atoms with Gasteiger partial charge in [0.2, 0.25) is 0 Å². The number of nitrogens with one attached hydrogen (secondary N) is 1. The maximum absolute atomic E-state index is 13.0. The van der Waals surface area contributed by atoms with E-state index in [2.05, 4.69) is 20.2 Å². The number of nitrogens with two attached hydrogens (primary N) is 1. The molecule has 1 amide bonds. The third kappa shape index (κ3) is 3.42. The topological polar surface area (TPSA) is 118 Å². The fraction of sp³-hybridized carbons (Fsp3) is 0.409. The standard InChI is InChI=1S/C22H25N5O3/c1-12-9-27(10-15(23)21(12)28)18-6-7-24-8-17(18)26-22(29)16-4-5-19-20(25-16)14(11-30-19)13-2-3-13/h4-8,11-13,15,21,28H,2-3,9-10,23H2,1H3,(H,26,29). The molecular formula is C22H25N5O3. The highest BCUT2D eigenvalue weighted by molar-refractivity contribution is 6.05. The van der Waals surface area contributed by atoms with Gasteiger partial charge in [-0.3, -0.25) is 9.78 Å². The van der Waals surface area contributed by atoms with Gasteiger partial charge in [-0.25, -0.2) is 4.98 Å². The average Bonchev–Trinajstić information content (AvgIpc) is 3.50. The van der Waals surface area contributed by atoms with Crippen LogP contribution in [-0.2, 0) is 0 Å². The van der Waals surface area contributed by atoms with Crippen LogP contribution in [-0.4, -0.2) is 46.2 Å². The minimum absolute atomic E-state index is 0.0245. The number of anilines is 2. The molecule has 156 valence electrons. The molecule has 4 heterocycles. The molecule has 4 N–H and O–H groups in total. The molecule has 5 rings (SSSR count). The van der Waals surface area contributed by atoms with Crippen molar-refractivity contribution in [1.82, 2.24) is 9.97 Å². The minimum atomic E-state index is -0.535. The van der Waals surface area contributed by atoms with Gasteiger partial charge >= 0.3 is 0 Å². The lowest BCUT2D eigenvalue weighted by Gasteiger charge is -2.40. The van der Waals surface area contributed by atoms with Crippen LogP contribution in [0.3, 0.4) is 0 Å². The van der Waals surface area contributed by atoms with Crippen molar-refractivity contribution in [3.05, 3.63) is 48.1 Å². The number of carbonyl (C=O) groups excluding carboxylic acids is 1. The van der Waals surface area contributed by atoms with Crippen molar-refractivity contribution in [1.29, 1.82) is 0 Å². The van der Waals surface area contributed by atoms with Gasteiger partial charge in [0.1, 0.15) is 11.2 Å². The Morgan fingerprint density at radius 3 is 2.90 bits per heavy atom. The van der Waals surface area contributed by atoms with Crippen molar-refractivity contribution in [3.8, 4) is 0 Å². The van der Waals surface area contributed by atoms with Crippen molar-refractivity contribution >= 4 is 28.4 Å². The fourth-order valence-electron chi connectivity index (χ4n) is 4.20. The number of aliphatic hydroxyl groups excluding tert-OH is 1. The van der Waals surface area contributed by atoms with Gasteiger partial charge in [-0.1, -0.05) is 6.92 Å². The van der Waals surface area contributed by atoms with Gasteiger partial charge < -0.3 is 25.5 Å². The first-order valence-corrected chi connectivity index (χ1v) is 10.3. The summed E-state index contributed by atoms with van der Waals surface area (Å²) in [6, 6.07) is 4.96. The summed E-state index contributed by atoms with van der Waals surface area (Å²) >= 11 is 0. The zero-order valence-electron chi connectivity index (χ0n) is 16.8. The number of fused-ring (bicyclic) bond motifs is 1. The summed E-state index contributed by atoms with van der Waals surface area (Å²) in [6.07, 6.45) is 6.80. The number of pyridine rings is 2. The predicted molar refractivity (Wildman–Crippen MR) is 114 cm³/mol. The molecule has 8 nitrogen and oxygen atoms in total. The van der Waals surface area contributed by atoms with Crippen LogP contribution < -0.4 is 16.0 Å². The molecule has 3 aromatic heterocycles. The van der Waals surface area contributed by atoms with E-state index in [0.29, 0.717) is 36.0 Å². The fourth-order valence-corrected chi connectivity index (χ4v) is 4.20. The van der Waals surface area contributed by atoms with Crippen LogP contribution in [0, 0.1) is 5.92 Å². The lowest BCUT2D eigenvalue weighted by Crippen LogP contribution is -2.55. The van der Waals surface area contributed by atoms with Crippen molar-refractivity contribution in [2.24, 2.45) is 11.7 Å². The van der Waals surface area contributed by atoms with Gasteiger partial charge in [0.15, 0.2) is 5.58 Å². The smallest absolute Gasteiger partial charge is 0.274 e. The molecular weight excluding hydrogens is 382 g/mol. The number of carbonyl (C=O) groups is 1. The van der Waals surface area contributed by atoms with E-state index < -0.39 is 6.10 Å². The molecule has 30 heavy (non-hydrogen) atoms. The van der Waals surface area contributed by atoms with Crippen molar-refractivity contribution < 1.29 is 14.3 Å². The summed E-state index contributed by atoms with van der Waals surface area (Å²) < 4.78 is 5.59. The number of piperidine rings is 1. The van der Waals surface area contributed by atoms with E-state index in [-0.39, 0.29) is 17.9 Å². The highest BCUT2D eigenvalue weighted by Crippen LogP contribution is 2.43. The Morgan fingerprint density at radius 2 is 2.13 bits per heavy atom. The molecule has 0 radical (unpaired) electrons. The number of furan rings is 1. The highest BCUT2D eigenvalue weighted by Gasteiger charge is 2.32. The van der Waals surface area contributed by atoms with E-state index in [1.807, 2.05) is 13.0 Å². The molecule has 1 saturated carbocycles. The quantitative estimate of drug-likeness (QED) is 0.608. The number of hydrogen-bond acceptors (Lipinski definition) is 7. The minimum Gasteiger partial charge on any atom is -0.462 e. The number of aromatic nitrogens is 2. The van der Waals surface area contributed by atoms with Crippen LogP contribution in [0.15, 0.2) is 41.3 Å². The molecule has 1 saturated heterocycles. The Labute approximate surface area is 174 Å². The second kappa shape index (κ2) is 7.37. The zero-order valence-corrected chi connectivity index (χ0v) is 16.8. The molecule has 0 aromatic carbocycles. The monoisotopic (exact) mass is 407 g/mol. The summed E-state index contributed by atoms with van der Waals surface area (Å²) in [5.74, 6) is 0.211. The summed E-state index contributed by atoms with van der Waals surface area (Å²) in [5.41, 5.74) is 10.4. The van der Waals surface area contributed by atoms with Crippen LogP contribution in [0.4, 0.5) is 11.4 Å². The average molecular weight is 407 g/mol. The van der Waals surface area contributed by atoms with Gasteiger partial charge in [0.05, 0.1) is 29.9 Å². The summed E-state index contributed by atoms with van der Waals surface area (Å²) in [5, 5.41) is 13.1. The van der Waals surface area contributed by atoms with Crippen LogP contribution >= 0.6 is 0 Å². The van der Waals surface area contributed by atoms with Gasteiger partial charge in [0.25, 0.3) is 5.91 Å². The van der Waals surface area contributed by atoms with E-state index in [4.69, 9.17) is 10.2 Å². The largest absolute Gasteiger partial charge is 0.462 e. The number of rotatable bonds is 4. The Hall–Kier alpha value is -2.97. The Balaban J connectivity index is 1.40. The van der Waals surface area contributed by atoms with E-state index in [0.717, 1.165) is 29.6 Å². The van der Waals surface area contributed by atoms with Crippen LogP contribution in [0.5, 0.6) is 0 Å². The second-order valence-corrected chi connectivity index (χ2v) is 8.39. The highest BCUT2D eigenvalue weighted by atomic mass is 16.3. The molecule has 3 unspecified atom stereocenters. The first-order valence-electron chi connectivity index (χ1n) is 10.3. The lowest BCUT2D eigenvalue weighted by atomic mass is 9.92. The maximum Gasteiger partial charge on any atom is 0.274 e. The van der Waals surface area contributed by atoms with Gasteiger partial charge in [-0.05, 0) is 37.0 Å². The van der Waals surface area contributed by atoms with Gasteiger partial charge in [-0.15, -0.1) is 0 Å². The summed E-state index contributed by atoms with van der Waals surface area (Å²) in [4.78, 5) is 23.8. The molecule has 8 heteroatoms. The number of nitrogens with zero attached hydrogens (tertiary/aromatic N) is 3. The predicted octanol–water partition coefficient (Wildman–Crippen LogP) is 2.50. The molecule has 2 aliphatic rings. The third-order valence-corrected chi connectivity index (χ3v) is 6.04. The van der Waals surface area contributed by atoms with Crippen molar-refractivity contribution in [2.75, 3.05) is 23.3 Å². The van der Waals surface area contributed by atoms with E-state index in [1.54, 1.807) is 30.8 Å². The van der Waals surface area contributed by atoms with Gasteiger partial charge in [0, 0.05) is 36.8 Å². The van der Waals surface area contributed by atoms with E-state index in [1.165, 1.54) is 0 Å². The Bertz CT molecular complexity index is 1080. The first-order chi connectivity index (χ1) is 14.5. The van der Waals surface area contributed by atoms with E-state index >= 15 is 0 Å². The first kappa shape index (κ1) is 19.0. The van der Waals surface area contributed by atoms with Gasteiger partial charge in [-0.2, -0.15) is 0 Å². The van der Waals surface area contributed by atoms with Crippen LogP contribution in [0.2, 0.25) is 0 Å². The lowest BCUT2D eigenvalue weighted by molar-refractivity contribution is 0.0785. The Morgan fingerprint density at radius 1 is 1.30 bits per heavy atom. The maximum atomic E-state index is 13.0. The molecule has 2 fully saturated rings. The van der Waals surface area contributed by atoms with Crippen molar-refractivity contribution in [3.63, 3.8) is 0 Å². The Kier molecular flexibility index (Phi) is 4.67. The van der Waals surface area contributed by atoms with Crippen LogP contribution in [0.1, 0.15) is 41.7 Å².